The van der Waals surface area contributed by atoms with Crippen LogP contribution in [0.25, 0.3) is 0 Å². The average molecular weight is 399 g/mol. The molecule has 2 N–H and O–H groups in total. The first-order chi connectivity index (χ1) is 9.56. The van der Waals surface area contributed by atoms with Gasteiger partial charge in [-0.25, -0.2) is 0 Å². The standard InChI is InChI=1S/C16H17Br2NO/c1-11(5-6-12-7-9-13(20)10-8-12)19-16-14(17)3-2-4-15(16)18/h2-4,7-11,19-20H,5-6H2,1H3. The van der Waals surface area contributed by atoms with Gasteiger partial charge in [-0.15, -0.1) is 0 Å². The zero-order valence-corrected chi connectivity index (χ0v) is 14.4. The van der Waals surface area contributed by atoms with Crippen LogP contribution >= 0.6 is 31.9 Å². The van der Waals surface area contributed by atoms with E-state index in [1.54, 1.807) is 12.1 Å². The summed E-state index contributed by atoms with van der Waals surface area (Å²) in [6.07, 6.45) is 2.01. The smallest absolute Gasteiger partial charge is 0.115 e. The zero-order valence-electron chi connectivity index (χ0n) is 11.2. The van der Waals surface area contributed by atoms with Crippen molar-refractivity contribution in [2.24, 2.45) is 0 Å². The molecule has 0 aliphatic carbocycles. The van der Waals surface area contributed by atoms with Crippen LogP contribution in [0.4, 0.5) is 5.69 Å². The largest absolute Gasteiger partial charge is 0.508 e. The van der Waals surface area contributed by atoms with Crippen LogP contribution in [0.3, 0.4) is 0 Å². The number of para-hydroxylation sites is 1. The first-order valence-electron chi connectivity index (χ1n) is 6.54. The fourth-order valence-corrected chi connectivity index (χ4v) is 3.23. The molecule has 0 aromatic heterocycles. The van der Waals surface area contributed by atoms with E-state index in [4.69, 9.17) is 0 Å². The maximum Gasteiger partial charge on any atom is 0.115 e. The Bertz CT molecular complexity index is 549. The molecule has 0 fully saturated rings. The second kappa shape index (κ2) is 7.14. The minimum atomic E-state index is 0.317. The number of anilines is 1. The van der Waals surface area contributed by atoms with Crippen LogP contribution in [0.1, 0.15) is 18.9 Å². The lowest BCUT2D eigenvalue weighted by molar-refractivity contribution is 0.475. The number of aryl methyl sites for hydroxylation is 1. The molecule has 20 heavy (non-hydrogen) atoms. The third kappa shape index (κ3) is 4.25. The van der Waals surface area contributed by atoms with Gasteiger partial charge in [0, 0.05) is 15.0 Å². The molecule has 106 valence electrons. The van der Waals surface area contributed by atoms with Crippen LogP contribution in [-0.4, -0.2) is 11.1 Å². The van der Waals surface area contributed by atoms with Gasteiger partial charge in [0.05, 0.1) is 5.69 Å². The molecular weight excluding hydrogens is 382 g/mol. The molecule has 0 saturated heterocycles. The van der Waals surface area contributed by atoms with Crippen molar-refractivity contribution >= 4 is 37.5 Å². The number of benzene rings is 2. The molecular formula is C16H17Br2NO. The maximum absolute atomic E-state index is 9.27. The molecule has 0 spiro atoms. The lowest BCUT2D eigenvalue weighted by atomic mass is 10.1. The molecule has 0 bridgehead atoms. The molecule has 0 aliphatic rings. The molecule has 0 aliphatic heterocycles. The third-order valence-corrected chi connectivity index (χ3v) is 4.48. The van der Waals surface area contributed by atoms with Crippen molar-refractivity contribution in [3.63, 3.8) is 0 Å². The van der Waals surface area contributed by atoms with Crippen LogP contribution in [0, 0.1) is 0 Å². The summed E-state index contributed by atoms with van der Waals surface area (Å²) in [5.41, 5.74) is 2.33. The Morgan fingerprint density at radius 3 is 2.25 bits per heavy atom. The predicted molar refractivity (Wildman–Crippen MR) is 91.4 cm³/mol. The minimum Gasteiger partial charge on any atom is -0.508 e. The fourth-order valence-electron chi connectivity index (χ4n) is 2.00. The lowest BCUT2D eigenvalue weighted by Gasteiger charge is -2.17. The van der Waals surface area contributed by atoms with Gasteiger partial charge < -0.3 is 10.4 Å². The van der Waals surface area contributed by atoms with Gasteiger partial charge in [-0.05, 0) is 81.5 Å². The first-order valence-corrected chi connectivity index (χ1v) is 8.13. The van der Waals surface area contributed by atoms with E-state index in [0.29, 0.717) is 11.8 Å². The van der Waals surface area contributed by atoms with Crippen LogP contribution in [0.5, 0.6) is 5.75 Å². The van der Waals surface area contributed by atoms with Crippen molar-refractivity contribution in [2.45, 2.75) is 25.8 Å². The monoisotopic (exact) mass is 397 g/mol. The second-order valence-corrected chi connectivity index (χ2v) is 6.56. The van der Waals surface area contributed by atoms with Crippen LogP contribution in [0.15, 0.2) is 51.4 Å². The average Bonchev–Trinajstić information content (AvgIpc) is 2.42. The molecule has 1 unspecified atom stereocenters. The summed E-state index contributed by atoms with van der Waals surface area (Å²) in [5.74, 6) is 0.317. The van der Waals surface area contributed by atoms with Crippen molar-refractivity contribution in [2.75, 3.05) is 5.32 Å². The highest BCUT2D eigenvalue weighted by Crippen LogP contribution is 2.31. The third-order valence-electron chi connectivity index (χ3n) is 3.16. The van der Waals surface area contributed by atoms with Gasteiger partial charge in [-0.3, -0.25) is 0 Å². The van der Waals surface area contributed by atoms with E-state index in [-0.39, 0.29) is 0 Å². The van der Waals surface area contributed by atoms with E-state index in [0.717, 1.165) is 27.5 Å². The van der Waals surface area contributed by atoms with Gasteiger partial charge in [0.1, 0.15) is 5.75 Å². The van der Waals surface area contributed by atoms with Crippen LogP contribution in [-0.2, 0) is 6.42 Å². The highest BCUT2D eigenvalue weighted by Gasteiger charge is 2.08. The molecule has 2 aromatic rings. The summed E-state index contributed by atoms with van der Waals surface area (Å²) in [7, 11) is 0. The molecule has 2 nitrogen and oxygen atoms in total. The van der Waals surface area contributed by atoms with Gasteiger partial charge in [-0.2, -0.15) is 0 Å². The molecule has 0 amide bonds. The summed E-state index contributed by atoms with van der Waals surface area (Å²) in [6, 6.07) is 13.8. The summed E-state index contributed by atoms with van der Waals surface area (Å²) >= 11 is 7.12. The highest BCUT2D eigenvalue weighted by molar-refractivity contribution is 9.11. The summed E-state index contributed by atoms with van der Waals surface area (Å²) in [4.78, 5) is 0. The van der Waals surface area contributed by atoms with E-state index in [9.17, 15) is 5.11 Å². The normalized spacial score (nSPS) is 12.2. The quantitative estimate of drug-likeness (QED) is 0.711. The topological polar surface area (TPSA) is 32.3 Å². The molecule has 2 rings (SSSR count). The van der Waals surface area contributed by atoms with Crippen molar-refractivity contribution in [3.8, 4) is 5.75 Å². The van der Waals surface area contributed by atoms with Crippen molar-refractivity contribution < 1.29 is 5.11 Å². The van der Waals surface area contributed by atoms with E-state index >= 15 is 0 Å². The number of rotatable bonds is 5. The van der Waals surface area contributed by atoms with Crippen molar-refractivity contribution in [3.05, 3.63) is 57.0 Å². The van der Waals surface area contributed by atoms with E-state index in [1.807, 2.05) is 30.3 Å². The minimum absolute atomic E-state index is 0.317. The Kier molecular flexibility index (Phi) is 5.49. The Morgan fingerprint density at radius 1 is 1.05 bits per heavy atom. The summed E-state index contributed by atoms with van der Waals surface area (Å²) in [6.45, 7) is 2.17. The highest BCUT2D eigenvalue weighted by atomic mass is 79.9. The van der Waals surface area contributed by atoms with Crippen LogP contribution < -0.4 is 5.32 Å². The lowest BCUT2D eigenvalue weighted by Crippen LogP contribution is -2.16. The molecule has 0 saturated carbocycles. The Labute approximate surface area is 136 Å². The SMILES string of the molecule is CC(CCc1ccc(O)cc1)Nc1c(Br)cccc1Br. The van der Waals surface area contributed by atoms with E-state index < -0.39 is 0 Å². The van der Waals surface area contributed by atoms with E-state index in [1.165, 1.54) is 5.56 Å². The first kappa shape index (κ1) is 15.4. The number of halogens is 2. The number of phenolic OH excluding ortho intramolecular Hbond substituents is 1. The number of hydrogen-bond acceptors (Lipinski definition) is 2. The van der Waals surface area contributed by atoms with Crippen LogP contribution in [0.2, 0.25) is 0 Å². The number of phenols is 1. The Morgan fingerprint density at radius 2 is 1.65 bits per heavy atom. The molecule has 0 radical (unpaired) electrons. The summed E-state index contributed by atoms with van der Waals surface area (Å²) < 4.78 is 2.12. The number of aromatic hydroxyl groups is 1. The van der Waals surface area contributed by atoms with Crippen molar-refractivity contribution in [1.29, 1.82) is 0 Å². The zero-order chi connectivity index (χ0) is 14.5. The predicted octanol–water partition coefficient (Wildman–Crippen LogP) is 5.35. The molecule has 2 aromatic carbocycles. The Hall–Kier alpha value is -1.000. The number of hydrogen-bond donors (Lipinski definition) is 2. The fraction of sp³-hybridized carbons (Fsp3) is 0.250. The van der Waals surface area contributed by atoms with Gasteiger partial charge in [0.15, 0.2) is 0 Å². The van der Waals surface area contributed by atoms with Gasteiger partial charge in [0.25, 0.3) is 0 Å². The van der Waals surface area contributed by atoms with E-state index in [2.05, 4.69) is 44.1 Å². The van der Waals surface area contributed by atoms with Crippen molar-refractivity contribution in [1.82, 2.24) is 0 Å². The Balaban J connectivity index is 1.92. The molecule has 0 heterocycles. The molecule has 4 heteroatoms. The van der Waals surface area contributed by atoms with Gasteiger partial charge >= 0.3 is 0 Å². The van der Waals surface area contributed by atoms with Gasteiger partial charge in [-0.1, -0.05) is 18.2 Å². The van der Waals surface area contributed by atoms with Gasteiger partial charge in [0.2, 0.25) is 0 Å². The summed E-state index contributed by atoms with van der Waals surface area (Å²) in [5, 5.41) is 12.8. The maximum atomic E-state index is 9.27. The second-order valence-electron chi connectivity index (χ2n) is 4.85. The molecule has 1 atom stereocenters. The number of nitrogens with one attached hydrogen (secondary N) is 1.